The molecule has 1 aromatic rings. The quantitative estimate of drug-likeness (QED) is 0.890. The van der Waals surface area contributed by atoms with E-state index in [0.717, 1.165) is 25.9 Å². The van der Waals surface area contributed by atoms with Gasteiger partial charge in [-0.15, -0.1) is 0 Å². The Labute approximate surface area is 146 Å². The summed E-state index contributed by atoms with van der Waals surface area (Å²) in [5, 5.41) is 3.77. The molecule has 3 atom stereocenters. The second kappa shape index (κ2) is 8.02. The van der Waals surface area contributed by atoms with Crippen LogP contribution in [0.5, 0.6) is 0 Å². The van der Waals surface area contributed by atoms with Crippen LogP contribution >= 0.6 is 0 Å². The minimum atomic E-state index is -0.435. The lowest BCUT2D eigenvalue weighted by Gasteiger charge is -2.40. The van der Waals surface area contributed by atoms with Crippen molar-refractivity contribution < 1.29 is 9.53 Å². The minimum absolute atomic E-state index is 0.185. The lowest BCUT2D eigenvalue weighted by molar-refractivity contribution is 0.0125. The summed E-state index contributed by atoms with van der Waals surface area (Å²) in [6, 6.07) is 11.3. The highest BCUT2D eigenvalue weighted by atomic mass is 16.6. The number of hydrogen-bond donors (Lipinski definition) is 1. The van der Waals surface area contributed by atoms with Crippen LogP contribution in [-0.4, -0.2) is 35.7 Å². The topological polar surface area (TPSA) is 41.6 Å². The number of likely N-dealkylation sites (tertiary alicyclic amines) is 1. The second-order valence-electron chi connectivity index (χ2n) is 7.79. The molecule has 0 saturated carbocycles. The first-order valence-corrected chi connectivity index (χ1v) is 9.09. The van der Waals surface area contributed by atoms with Crippen LogP contribution in [0.3, 0.4) is 0 Å². The van der Waals surface area contributed by atoms with Crippen molar-refractivity contribution in [3.05, 3.63) is 35.9 Å². The zero-order valence-electron chi connectivity index (χ0n) is 15.7. The number of carbonyl (C=O) groups is 1. The molecule has 1 saturated heterocycles. The Morgan fingerprint density at radius 1 is 1.33 bits per heavy atom. The predicted octanol–water partition coefficient (Wildman–Crippen LogP) is 4.37. The molecule has 0 aromatic heterocycles. The van der Waals surface area contributed by atoms with Crippen LogP contribution in [0, 0.1) is 5.92 Å². The monoisotopic (exact) mass is 332 g/mol. The molecule has 1 aliphatic heterocycles. The number of hydrogen-bond acceptors (Lipinski definition) is 3. The van der Waals surface area contributed by atoms with E-state index in [1.165, 1.54) is 5.56 Å². The zero-order valence-corrected chi connectivity index (χ0v) is 15.7. The van der Waals surface area contributed by atoms with Crippen molar-refractivity contribution in [2.75, 3.05) is 13.1 Å². The second-order valence-corrected chi connectivity index (χ2v) is 7.79. The van der Waals surface area contributed by atoms with Crippen LogP contribution in [0.1, 0.15) is 59.1 Å². The molecule has 1 amide bonds. The van der Waals surface area contributed by atoms with Crippen LogP contribution in [0.2, 0.25) is 0 Å². The Morgan fingerprint density at radius 2 is 2.00 bits per heavy atom. The molecule has 0 unspecified atom stereocenters. The van der Waals surface area contributed by atoms with Crippen molar-refractivity contribution in [1.82, 2.24) is 10.2 Å². The van der Waals surface area contributed by atoms with E-state index in [0.29, 0.717) is 18.0 Å². The summed E-state index contributed by atoms with van der Waals surface area (Å²) in [4.78, 5) is 14.2. The van der Waals surface area contributed by atoms with Gasteiger partial charge in [0, 0.05) is 25.2 Å². The first kappa shape index (κ1) is 18.8. The first-order chi connectivity index (χ1) is 11.3. The van der Waals surface area contributed by atoms with Crippen molar-refractivity contribution >= 4 is 6.09 Å². The maximum atomic E-state index is 12.3. The number of nitrogens with zero attached hydrogens (tertiary/aromatic N) is 1. The molecule has 0 spiro atoms. The fourth-order valence-corrected chi connectivity index (χ4v) is 3.32. The summed E-state index contributed by atoms with van der Waals surface area (Å²) in [6.07, 6.45) is 1.84. The third-order valence-corrected chi connectivity index (χ3v) is 4.67. The number of ether oxygens (including phenoxy) is 1. The molecular formula is C20H32N2O2. The van der Waals surface area contributed by atoms with Crippen molar-refractivity contribution in [2.24, 2.45) is 5.92 Å². The van der Waals surface area contributed by atoms with Gasteiger partial charge in [-0.1, -0.05) is 43.7 Å². The van der Waals surface area contributed by atoms with Gasteiger partial charge in [0.2, 0.25) is 0 Å². The molecule has 1 aromatic carbocycles. The first-order valence-electron chi connectivity index (χ1n) is 9.09. The summed E-state index contributed by atoms with van der Waals surface area (Å²) in [5.41, 5.74) is 0.873. The minimum Gasteiger partial charge on any atom is -0.444 e. The summed E-state index contributed by atoms with van der Waals surface area (Å²) in [6.45, 7) is 11.7. The standard InChI is InChI=1S/C20H32N2O2/c1-6-16-14-22(19(23)24-20(3,4)5)13-12-18(16)21-15(2)17-10-8-7-9-11-17/h7-11,15-16,18,21H,6,12-14H2,1-5H3/t15-,16-,18-/m1/s1. The molecule has 0 radical (unpaired) electrons. The summed E-state index contributed by atoms with van der Waals surface area (Å²) in [7, 11) is 0. The normalized spacial score (nSPS) is 23.0. The SMILES string of the molecule is CC[C@@H]1CN(C(=O)OC(C)(C)C)CC[C@H]1N[C@H](C)c1ccccc1. The van der Waals surface area contributed by atoms with Crippen LogP contribution in [0.15, 0.2) is 30.3 Å². The Kier molecular flexibility index (Phi) is 6.27. The molecule has 0 aliphatic carbocycles. The number of rotatable bonds is 4. The molecule has 4 nitrogen and oxygen atoms in total. The van der Waals surface area contributed by atoms with Gasteiger partial charge in [0.1, 0.15) is 5.60 Å². The van der Waals surface area contributed by atoms with Gasteiger partial charge >= 0.3 is 6.09 Å². The average molecular weight is 332 g/mol. The summed E-state index contributed by atoms with van der Waals surface area (Å²) in [5.74, 6) is 0.456. The molecule has 24 heavy (non-hydrogen) atoms. The van der Waals surface area contributed by atoms with Crippen LogP contribution in [-0.2, 0) is 4.74 Å². The molecular weight excluding hydrogens is 300 g/mol. The maximum absolute atomic E-state index is 12.3. The molecule has 1 N–H and O–H groups in total. The molecule has 0 bridgehead atoms. The Bertz CT molecular complexity index is 524. The van der Waals surface area contributed by atoms with Crippen molar-refractivity contribution in [3.8, 4) is 0 Å². The van der Waals surface area contributed by atoms with Crippen molar-refractivity contribution in [3.63, 3.8) is 0 Å². The fourth-order valence-electron chi connectivity index (χ4n) is 3.32. The van der Waals surface area contributed by atoms with Crippen LogP contribution in [0.25, 0.3) is 0 Å². The molecule has 1 heterocycles. The summed E-state index contributed by atoms with van der Waals surface area (Å²) >= 11 is 0. The van der Waals surface area contributed by atoms with Gasteiger partial charge in [0.15, 0.2) is 0 Å². The Morgan fingerprint density at radius 3 is 2.58 bits per heavy atom. The third kappa shape index (κ3) is 5.23. The average Bonchev–Trinajstić information content (AvgIpc) is 2.54. The van der Waals surface area contributed by atoms with Crippen molar-refractivity contribution in [2.45, 2.75) is 65.1 Å². The van der Waals surface area contributed by atoms with Gasteiger partial charge in [0.25, 0.3) is 0 Å². The van der Waals surface area contributed by atoms with Crippen LogP contribution in [0.4, 0.5) is 4.79 Å². The Balaban J connectivity index is 1.94. The van der Waals surface area contributed by atoms with E-state index >= 15 is 0 Å². The Hall–Kier alpha value is -1.55. The molecule has 134 valence electrons. The van der Waals surface area contributed by atoms with Gasteiger partial charge in [-0.3, -0.25) is 0 Å². The highest BCUT2D eigenvalue weighted by molar-refractivity contribution is 5.68. The van der Waals surface area contributed by atoms with Gasteiger partial charge in [0.05, 0.1) is 0 Å². The van der Waals surface area contributed by atoms with E-state index in [2.05, 4.69) is 43.4 Å². The van der Waals surface area contributed by atoms with E-state index < -0.39 is 5.60 Å². The van der Waals surface area contributed by atoms with Gasteiger partial charge < -0.3 is 15.0 Å². The van der Waals surface area contributed by atoms with Gasteiger partial charge in [-0.25, -0.2) is 4.79 Å². The van der Waals surface area contributed by atoms with E-state index in [1.54, 1.807) is 0 Å². The molecule has 1 fully saturated rings. The zero-order chi connectivity index (χ0) is 17.7. The van der Waals surface area contributed by atoms with E-state index in [9.17, 15) is 4.79 Å². The summed E-state index contributed by atoms with van der Waals surface area (Å²) < 4.78 is 5.52. The number of carbonyl (C=O) groups excluding carboxylic acids is 1. The number of amides is 1. The highest BCUT2D eigenvalue weighted by Crippen LogP contribution is 2.25. The van der Waals surface area contributed by atoms with Crippen molar-refractivity contribution in [1.29, 1.82) is 0 Å². The molecule has 1 aliphatic rings. The van der Waals surface area contributed by atoms with E-state index in [-0.39, 0.29) is 6.09 Å². The van der Waals surface area contributed by atoms with E-state index in [4.69, 9.17) is 4.74 Å². The highest BCUT2D eigenvalue weighted by Gasteiger charge is 2.33. The molecule has 4 heteroatoms. The van der Waals surface area contributed by atoms with E-state index in [1.807, 2.05) is 31.7 Å². The van der Waals surface area contributed by atoms with Gasteiger partial charge in [-0.05, 0) is 45.6 Å². The lowest BCUT2D eigenvalue weighted by atomic mass is 9.89. The van der Waals surface area contributed by atoms with Crippen LogP contribution < -0.4 is 5.32 Å². The molecule has 2 rings (SSSR count). The third-order valence-electron chi connectivity index (χ3n) is 4.67. The smallest absolute Gasteiger partial charge is 0.410 e. The predicted molar refractivity (Wildman–Crippen MR) is 98.0 cm³/mol. The number of nitrogens with one attached hydrogen (secondary N) is 1. The van der Waals surface area contributed by atoms with Gasteiger partial charge in [-0.2, -0.15) is 0 Å². The number of benzene rings is 1. The maximum Gasteiger partial charge on any atom is 0.410 e. The fraction of sp³-hybridized carbons (Fsp3) is 0.650. The number of piperidine rings is 1. The lowest BCUT2D eigenvalue weighted by Crippen LogP contribution is -2.52. The largest absolute Gasteiger partial charge is 0.444 e.